The third-order valence-electron chi connectivity index (χ3n) is 3.42. The Morgan fingerprint density at radius 2 is 2.00 bits per heavy atom. The smallest absolute Gasteiger partial charge is 0.367 e. The molecule has 0 bridgehead atoms. The van der Waals surface area contributed by atoms with E-state index < -0.39 is 12.8 Å². The summed E-state index contributed by atoms with van der Waals surface area (Å²) in [4.78, 5) is 1.07. The number of halogens is 3. The molecule has 2 nitrogen and oxygen atoms in total. The number of fused-ring (bicyclic) bond motifs is 1. The van der Waals surface area contributed by atoms with Crippen LogP contribution in [0, 0.1) is 0 Å². The van der Waals surface area contributed by atoms with Crippen molar-refractivity contribution in [3.05, 3.63) is 34.7 Å². The molecule has 0 atom stereocenters. The average Bonchev–Trinajstić information content (AvgIpc) is 3.18. The highest BCUT2D eigenvalue weighted by atomic mass is 32.1. The van der Waals surface area contributed by atoms with Gasteiger partial charge in [-0.1, -0.05) is 18.2 Å². The fourth-order valence-corrected chi connectivity index (χ4v) is 3.40. The molecule has 0 saturated heterocycles. The van der Waals surface area contributed by atoms with E-state index in [9.17, 15) is 13.2 Å². The second kappa shape index (κ2) is 5.94. The lowest BCUT2D eigenvalue weighted by Gasteiger charge is -2.09. The maximum Gasteiger partial charge on any atom is 0.411 e. The van der Waals surface area contributed by atoms with Gasteiger partial charge in [-0.2, -0.15) is 13.2 Å². The minimum absolute atomic E-state index is 0.00516. The van der Waals surface area contributed by atoms with Gasteiger partial charge in [-0.05, 0) is 24.3 Å². The summed E-state index contributed by atoms with van der Waals surface area (Å²) in [6.45, 7) is -0.493. The van der Waals surface area contributed by atoms with E-state index in [1.54, 1.807) is 11.3 Å². The largest absolute Gasteiger partial charge is 0.411 e. The summed E-state index contributed by atoms with van der Waals surface area (Å²) in [5, 5.41) is 4.41. The summed E-state index contributed by atoms with van der Waals surface area (Å²) in [6.07, 6.45) is -1.91. The second-order valence-corrected chi connectivity index (χ2v) is 6.40. The number of hydrogen-bond donors (Lipinski definition) is 1. The number of ether oxygens (including phenoxy) is 1. The van der Waals surface area contributed by atoms with Gasteiger partial charge in [0.2, 0.25) is 0 Å². The SMILES string of the molecule is FC(F)(F)COCc1c(CNC2CC2)sc2ccccc12. The Morgan fingerprint density at radius 1 is 1.24 bits per heavy atom. The molecule has 0 aliphatic heterocycles. The average molecular weight is 315 g/mol. The van der Waals surface area contributed by atoms with E-state index in [-0.39, 0.29) is 6.61 Å². The van der Waals surface area contributed by atoms with Crippen molar-refractivity contribution in [1.82, 2.24) is 5.32 Å². The van der Waals surface area contributed by atoms with Crippen molar-refractivity contribution in [1.29, 1.82) is 0 Å². The van der Waals surface area contributed by atoms with Crippen LogP contribution in [0.1, 0.15) is 23.3 Å². The number of alkyl halides is 3. The molecular weight excluding hydrogens is 299 g/mol. The molecule has 1 aromatic carbocycles. The minimum Gasteiger partial charge on any atom is -0.367 e. The number of hydrogen-bond acceptors (Lipinski definition) is 3. The van der Waals surface area contributed by atoms with Crippen LogP contribution >= 0.6 is 11.3 Å². The first-order valence-corrected chi connectivity index (χ1v) is 7.72. The number of thiophene rings is 1. The molecule has 1 heterocycles. The molecule has 114 valence electrons. The van der Waals surface area contributed by atoms with Crippen molar-refractivity contribution in [3.63, 3.8) is 0 Å². The summed E-state index contributed by atoms with van der Waals surface area (Å²) >= 11 is 1.63. The van der Waals surface area contributed by atoms with Gasteiger partial charge >= 0.3 is 6.18 Å². The molecule has 0 unspecified atom stereocenters. The van der Waals surface area contributed by atoms with Crippen LogP contribution in [0.2, 0.25) is 0 Å². The van der Waals surface area contributed by atoms with Crippen LogP contribution in [0.5, 0.6) is 0 Å². The van der Waals surface area contributed by atoms with Crippen LogP contribution < -0.4 is 5.32 Å². The van der Waals surface area contributed by atoms with Crippen LogP contribution in [0.3, 0.4) is 0 Å². The van der Waals surface area contributed by atoms with Crippen LogP contribution in [-0.2, 0) is 17.9 Å². The summed E-state index contributed by atoms with van der Waals surface area (Å²) in [5.74, 6) is 0. The monoisotopic (exact) mass is 315 g/mol. The third kappa shape index (κ3) is 3.96. The van der Waals surface area contributed by atoms with Crippen molar-refractivity contribution in [2.24, 2.45) is 0 Å². The molecule has 2 aromatic rings. The van der Waals surface area contributed by atoms with E-state index in [0.717, 1.165) is 20.5 Å². The van der Waals surface area contributed by atoms with Gasteiger partial charge in [-0.3, -0.25) is 0 Å². The topological polar surface area (TPSA) is 21.3 Å². The predicted molar refractivity (Wildman–Crippen MR) is 77.4 cm³/mol. The van der Waals surface area contributed by atoms with E-state index >= 15 is 0 Å². The van der Waals surface area contributed by atoms with Crippen LogP contribution in [-0.4, -0.2) is 18.8 Å². The Kier molecular flexibility index (Phi) is 4.19. The predicted octanol–water partition coefficient (Wildman–Crippen LogP) is 4.23. The molecule has 21 heavy (non-hydrogen) atoms. The first-order valence-electron chi connectivity index (χ1n) is 6.90. The Balaban J connectivity index is 1.77. The van der Waals surface area contributed by atoms with Gasteiger partial charge in [0.05, 0.1) is 6.61 Å². The lowest BCUT2D eigenvalue weighted by molar-refractivity contribution is -0.176. The van der Waals surface area contributed by atoms with Crippen molar-refractivity contribution >= 4 is 21.4 Å². The van der Waals surface area contributed by atoms with Crippen LogP contribution in [0.15, 0.2) is 24.3 Å². The first-order chi connectivity index (χ1) is 10.0. The summed E-state index contributed by atoms with van der Waals surface area (Å²) in [5.41, 5.74) is 0.882. The van der Waals surface area contributed by atoms with E-state index in [2.05, 4.69) is 5.32 Å². The van der Waals surface area contributed by atoms with Crippen LogP contribution in [0.4, 0.5) is 13.2 Å². The fourth-order valence-electron chi connectivity index (χ4n) is 2.24. The first kappa shape index (κ1) is 14.8. The molecular formula is C15H16F3NOS. The third-order valence-corrected chi connectivity index (χ3v) is 4.64. The highest BCUT2D eigenvalue weighted by Crippen LogP contribution is 2.33. The van der Waals surface area contributed by atoms with E-state index in [4.69, 9.17) is 4.74 Å². The molecule has 6 heteroatoms. The zero-order chi connectivity index (χ0) is 14.9. The molecule has 3 rings (SSSR count). The van der Waals surface area contributed by atoms with Gasteiger partial charge in [0, 0.05) is 27.7 Å². The van der Waals surface area contributed by atoms with Crippen molar-refractivity contribution < 1.29 is 17.9 Å². The van der Waals surface area contributed by atoms with Gasteiger partial charge in [0.1, 0.15) is 6.61 Å². The van der Waals surface area contributed by atoms with Crippen molar-refractivity contribution in [2.75, 3.05) is 6.61 Å². The van der Waals surface area contributed by atoms with Crippen molar-refractivity contribution in [2.45, 2.75) is 38.2 Å². The standard InChI is InChI=1S/C15H16F3NOS/c16-15(17,18)9-20-8-12-11-3-1-2-4-13(11)21-14(12)7-19-10-5-6-10/h1-4,10,19H,5-9H2. The van der Waals surface area contributed by atoms with Gasteiger partial charge < -0.3 is 10.1 Å². The normalized spacial score (nSPS) is 15.8. The Labute approximate surface area is 124 Å². The van der Waals surface area contributed by atoms with Gasteiger partial charge in [0.15, 0.2) is 0 Å². The highest BCUT2D eigenvalue weighted by molar-refractivity contribution is 7.19. The molecule has 1 aliphatic carbocycles. The number of nitrogens with one attached hydrogen (secondary N) is 1. The van der Waals surface area contributed by atoms with Gasteiger partial charge in [0.25, 0.3) is 0 Å². The Morgan fingerprint density at radius 3 is 2.71 bits per heavy atom. The molecule has 0 spiro atoms. The van der Waals surface area contributed by atoms with E-state index in [1.807, 2.05) is 24.3 Å². The molecule has 1 aromatic heterocycles. The summed E-state index contributed by atoms with van der Waals surface area (Å²) in [7, 11) is 0. The molecule has 0 amide bonds. The molecule has 1 aliphatic rings. The molecule has 1 N–H and O–H groups in total. The van der Waals surface area contributed by atoms with Gasteiger partial charge in [-0.25, -0.2) is 0 Å². The van der Waals surface area contributed by atoms with Gasteiger partial charge in [-0.15, -0.1) is 11.3 Å². The fraction of sp³-hybridized carbons (Fsp3) is 0.467. The lowest BCUT2D eigenvalue weighted by atomic mass is 10.1. The maximum atomic E-state index is 12.2. The minimum atomic E-state index is -4.28. The summed E-state index contributed by atoms with van der Waals surface area (Å²) < 4.78 is 42.6. The zero-order valence-corrected chi connectivity index (χ0v) is 12.2. The molecule has 1 fully saturated rings. The number of benzene rings is 1. The quantitative estimate of drug-likeness (QED) is 0.861. The second-order valence-electron chi connectivity index (χ2n) is 5.26. The summed E-state index contributed by atoms with van der Waals surface area (Å²) in [6, 6.07) is 8.35. The number of rotatable bonds is 6. The van der Waals surface area contributed by atoms with Crippen molar-refractivity contribution in [3.8, 4) is 0 Å². The molecule has 1 saturated carbocycles. The zero-order valence-electron chi connectivity index (χ0n) is 11.4. The Hall–Kier alpha value is -1.11. The lowest BCUT2D eigenvalue weighted by Crippen LogP contribution is -2.18. The van der Waals surface area contributed by atoms with E-state index in [0.29, 0.717) is 12.6 Å². The van der Waals surface area contributed by atoms with Crippen LogP contribution in [0.25, 0.3) is 10.1 Å². The highest BCUT2D eigenvalue weighted by Gasteiger charge is 2.28. The Bertz CT molecular complexity index is 619. The maximum absolute atomic E-state index is 12.2. The molecule has 0 radical (unpaired) electrons. The van der Waals surface area contributed by atoms with E-state index in [1.165, 1.54) is 12.8 Å².